The summed E-state index contributed by atoms with van der Waals surface area (Å²) in [7, 11) is 0. The van der Waals surface area contributed by atoms with Crippen molar-refractivity contribution in [2.45, 2.75) is 61.6 Å². The molecule has 2 aliphatic rings. The second-order valence-electron chi connectivity index (χ2n) is 6.46. The molecule has 2 rings (SSSR count). The third kappa shape index (κ3) is 1.99. The molecule has 0 aliphatic heterocycles. The molecule has 90 valence electrons. The van der Waals surface area contributed by atoms with Gasteiger partial charge in [0, 0.05) is 0 Å². The Morgan fingerprint density at radius 3 is 2.31 bits per heavy atom. The third-order valence-corrected chi connectivity index (χ3v) is 8.01. The summed E-state index contributed by atoms with van der Waals surface area (Å²) in [6.45, 7) is 4.80. The monoisotopic (exact) mass is 254 g/mol. The minimum absolute atomic E-state index is 0.857. The average molecular weight is 254 g/mol. The van der Waals surface area contributed by atoms with Gasteiger partial charge in [0.2, 0.25) is 0 Å². The summed E-state index contributed by atoms with van der Waals surface area (Å²) in [5.74, 6) is 0.857. The Labute approximate surface area is 105 Å². The molecule has 2 aliphatic carbocycles. The van der Waals surface area contributed by atoms with Gasteiger partial charge in [-0.2, -0.15) is 0 Å². The van der Waals surface area contributed by atoms with Gasteiger partial charge in [0.1, 0.15) is 0 Å². The molecule has 0 nitrogen and oxygen atoms in total. The van der Waals surface area contributed by atoms with Crippen molar-refractivity contribution in [1.29, 1.82) is 0 Å². The van der Waals surface area contributed by atoms with E-state index in [4.69, 9.17) is 0 Å². The SMILES string of the molecule is CCC1C2=C(CCCC2)C(C)=[C]1[Ti]([CH3])([CH3])[CH3]. The van der Waals surface area contributed by atoms with Crippen LogP contribution < -0.4 is 0 Å². The van der Waals surface area contributed by atoms with Gasteiger partial charge in [-0.05, 0) is 0 Å². The summed E-state index contributed by atoms with van der Waals surface area (Å²) in [5, 5.41) is 7.71. The molecular formula is C15H26Ti. The average Bonchev–Trinajstić information content (AvgIpc) is 2.51. The molecule has 1 heteroatoms. The Morgan fingerprint density at radius 2 is 1.75 bits per heavy atom. The molecule has 0 aromatic heterocycles. The van der Waals surface area contributed by atoms with E-state index in [-0.39, 0.29) is 0 Å². The van der Waals surface area contributed by atoms with Gasteiger partial charge in [-0.1, -0.05) is 0 Å². The molecule has 0 saturated carbocycles. The van der Waals surface area contributed by atoms with Crippen LogP contribution >= 0.6 is 0 Å². The van der Waals surface area contributed by atoms with Crippen LogP contribution in [-0.4, -0.2) is 0 Å². The maximum absolute atomic E-state index is 2.57. The Morgan fingerprint density at radius 1 is 1.12 bits per heavy atom. The van der Waals surface area contributed by atoms with Crippen molar-refractivity contribution < 1.29 is 16.6 Å². The van der Waals surface area contributed by atoms with E-state index in [1.54, 1.807) is 11.1 Å². The summed E-state index contributed by atoms with van der Waals surface area (Å²) in [5.41, 5.74) is 5.37. The fourth-order valence-electron chi connectivity index (χ4n) is 3.88. The molecule has 0 saturated heterocycles. The van der Waals surface area contributed by atoms with E-state index in [1.807, 2.05) is 9.45 Å². The Bertz CT molecular complexity index is 352. The zero-order chi connectivity index (χ0) is 11.9. The van der Waals surface area contributed by atoms with Crippen LogP contribution in [0.25, 0.3) is 0 Å². The Hall–Kier alpha value is 0.194. The van der Waals surface area contributed by atoms with Crippen molar-refractivity contribution in [3.63, 3.8) is 0 Å². The van der Waals surface area contributed by atoms with Crippen LogP contribution in [0.15, 0.2) is 20.6 Å². The molecular weight excluding hydrogens is 228 g/mol. The first-order chi connectivity index (χ1) is 7.46. The summed E-state index contributed by atoms with van der Waals surface area (Å²) >= 11 is -1.64. The zero-order valence-corrected chi connectivity index (χ0v) is 13.2. The van der Waals surface area contributed by atoms with Gasteiger partial charge in [0.05, 0.1) is 0 Å². The van der Waals surface area contributed by atoms with Crippen molar-refractivity contribution >= 4 is 0 Å². The van der Waals surface area contributed by atoms with Gasteiger partial charge in [0.15, 0.2) is 0 Å². The van der Waals surface area contributed by atoms with E-state index in [0.29, 0.717) is 0 Å². The van der Waals surface area contributed by atoms with E-state index < -0.39 is 16.6 Å². The zero-order valence-electron chi connectivity index (χ0n) is 11.6. The predicted molar refractivity (Wildman–Crippen MR) is 69.6 cm³/mol. The molecule has 0 fully saturated rings. The molecule has 0 radical (unpaired) electrons. The van der Waals surface area contributed by atoms with Crippen molar-refractivity contribution in [3.05, 3.63) is 20.6 Å². The van der Waals surface area contributed by atoms with E-state index in [2.05, 4.69) is 29.5 Å². The molecule has 1 atom stereocenters. The predicted octanol–water partition coefficient (Wildman–Crippen LogP) is 5.47. The molecule has 0 aromatic carbocycles. The fourth-order valence-corrected chi connectivity index (χ4v) is 8.09. The summed E-state index contributed by atoms with van der Waals surface area (Å²) in [6, 6.07) is 0. The number of hydrogen-bond donors (Lipinski definition) is 0. The van der Waals surface area contributed by atoms with Gasteiger partial charge in [-0.3, -0.25) is 0 Å². The van der Waals surface area contributed by atoms with Crippen LogP contribution in [0.1, 0.15) is 46.0 Å². The molecule has 1 unspecified atom stereocenters. The molecule has 16 heavy (non-hydrogen) atoms. The Kier molecular flexibility index (Phi) is 3.53. The van der Waals surface area contributed by atoms with Crippen molar-refractivity contribution in [2.75, 3.05) is 0 Å². The Balaban J connectivity index is 2.44. The van der Waals surface area contributed by atoms with E-state index in [1.165, 1.54) is 32.1 Å². The van der Waals surface area contributed by atoms with E-state index in [0.717, 1.165) is 5.92 Å². The van der Waals surface area contributed by atoms with Crippen molar-refractivity contribution in [3.8, 4) is 0 Å². The number of allylic oxidation sites excluding steroid dienone is 4. The minimum atomic E-state index is -1.64. The van der Waals surface area contributed by atoms with Crippen LogP contribution in [0.4, 0.5) is 0 Å². The number of hydrogen-bond acceptors (Lipinski definition) is 0. The van der Waals surface area contributed by atoms with Crippen molar-refractivity contribution in [2.24, 2.45) is 5.92 Å². The second kappa shape index (κ2) is 4.46. The van der Waals surface area contributed by atoms with E-state index in [9.17, 15) is 0 Å². The molecule has 0 N–H and O–H groups in total. The molecule has 0 bridgehead atoms. The number of rotatable bonds is 2. The van der Waals surface area contributed by atoms with Crippen molar-refractivity contribution in [1.82, 2.24) is 0 Å². The normalized spacial score (nSPS) is 26.4. The van der Waals surface area contributed by atoms with Crippen LogP contribution in [0.2, 0.25) is 15.7 Å². The van der Waals surface area contributed by atoms with E-state index >= 15 is 0 Å². The third-order valence-electron chi connectivity index (χ3n) is 4.35. The van der Waals surface area contributed by atoms with Crippen LogP contribution in [0.3, 0.4) is 0 Å². The van der Waals surface area contributed by atoms with Crippen LogP contribution in [0, 0.1) is 5.92 Å². The first kappa shape index (κ1) is 12.6. The summed E-state index contributed by atoms with van der Waals surface area (Å²) in [4.78, 5) is 0. The van der Waals surface area contributed by atoms with Crippen LogP contribution in [-0.2, 0) is 16.6 Å². The maximum atomic E-state index is 2.57. The van der Waals surface area contributed by atoms with Gasteiger partial charge < -0.3 is 0 Å². The van der Waals surface area contributed by atoms with Gasteiger partial charge in [-0.25, -0.2) is 0 Å². The second-order valence-corrected chi connectivity index (χ2v) is 14.3. The quantitative estimate of drug-likeness (QED) is 0.573. The van der Waals surface area contributed by atoms with Gasteiger partial charge in [-0.15, -0.1) is 0 Å². The molecule has 0 amide bonds. The first-order valence-corrected chi connectivity index (χ1v) is 12.4. The van der Waals surface area contributed by atoms with Gasteiger partial charge >= 0.3 is 105 Å². The topological polar surface area (TPSA) is 0 Å². The molecule has 0 spiro atoms. The molecule has 0 aromatic rings. The first-order valence-electron chi connectivity index (χ1n) is 6.90. The standard InChI is InChI=1S/C12H17.3CH3.Ti/c1-3-10-8-9(2)11-6-4-5-7-12(10)11;;;;/h10H,3-7H2,1-2H3;3*1H3;. The summed E-state index contributed by atoms with van der Waals surface area (Å²) in [6.07, 6.45) is 6.98. The van der Waals surface area contributed by atoms with Crippen LogP contribution in [0.5, 0.6) is 0 Å². The fraction of sp³-hybridized carbons (Fsp3) is 0.733. The van der Waals surface area contributed by atoms with Gasteiger partial charge in [0.25, 0.3) is 0 Å². The molecule has 0 heterocycles. The summed E-state index contributed by atoms with van der Waals surface area (Å²) < 4.78 is 1.93.